The van der Waals surface area contributed by atoms with E-state index in [9.17, 15) is 0 Å². The molecule has 1 nitrogen and oxygen atoms in total. The molecule has 0 aromatic rings. The molecule has 1 unspecified atom stereocenters. The Hall–Kier alpha value is 0.177. The first-order valence-corrected chi connectivity index (χ1v) is 8.00. The standard InChI is InChI=1S/C9H21NSi/c1-9(10)5-8-11(2)6-3-4-7-11/h9H,3-8,10H2,1-2H3. The van der Waals surface area contributed by atoms with E-state index in [4.69, 9.17) is 5.73 Å². The van der Waals surface area contributed by atoms with Crippen LogP contribution >= 0.6 is 0 Å². The molecule has 0 bridgehead atoms. The maximum atomic E-state index is 5.75. The van der Waals surface area contributed by atoms with Crippen molar-refractivity contribution < 1.29 is 0 Å². The summed E-state index contributed by atoms with van der Waals surface area (Å²) in [6.07, 6.45) is 4.27. The summed E-state index contributed by atoms with van der Waals surface area (Å²) in [4.78, 5) is 0. The predicted molar refractivity (Wildman–Crippen MR) is 53.5 cm³/mol. The minimum absolute atomic E-state index is 0.430. The van der Waals surface area contributed by atoms with Crippen LogP contribution in [0.25, 0.3) is 0 Å². The fraction of sp³-hybridized carbons (Fsp3) is 1.00. The lowest BCUT2D eigenvalue weighted by Gasteiger charge is -2.21. The van der Waals surface area contributed by atoms with Crippen molar-refractivity contribution in [1.29, 1.82) is 0 Å². The van der Waals surface area contributed by atoms with Gasteiger partial charge in [0.05, 0.1) is 8.07 Å². The third-order valence-electron chi connectivity index (χ3n) is 3.01. The van der Waals surface area contributed by atoms with E-state index in [0.29, 0.717) is 6.04 Å². The first-order chi connectivity index (χ1) is 5.12. The average Bonchev–Trinajstić information content (AvgIpc) is 2.33. The van der Waals surface area contributed by atoms with Crippen LogP contribution in [0.1, 0.15) is 26.2 Å². The predicted octanol–water partition coefficient (Wildman–Crippen LogP) is 2.60. The zero-order valence-electron chi connectivity index (χ0n) is 7.90. The van der Waals surface area contributed by atoms with E-state index in [1.165, 1.54) is 25.3 Å². The van der Waals surface area contributed by atoms with E-state index in [-0.39, 0.29) is 0 Å². The van der Waals surface area contributed by atoms with E-state index in [0.717, 1.165) is 0 Å². The second-order valence-corrected chi connectivity index (χ2v) is 9.66. The van der Waals surface area contributed by atoms with Gasteiger partial charge in [-0.25, -0.2) is 0 Å². The molecule has 1 atom stereocenters. The number of rotatable bonds is 3. The summed E-state index contributed by atoms with van der Waals surface area (Å²) in [5.41, 5.74) is 5.75. The quantitative estimate of drug-likeness (QED) is 0.649. The Morgan fingerprint density at radius 1 is 1.36 bits per heavy atom. The van der Waals surface area contributed by atoms with Gasteiger partial charge >= 0.3 is 0 Å². The summed E-state index contributed by atoms with van der Waals surface area (Å²) >= 11 is 0. The van der Waals surface area contributed by atoms with Crippen LogP contribution in [-0.4, -0.2) is 14.1 Å². The summed E-state index contributed by atoms with van der Waals surface area (Å²) in [6.45, 7) is 4.69. The summed E-state index contributed by atoms with van der Waals surface area (Å²) < 4.78 is 0. The van der Waals surface area contributed by atoms with Gasteiger partial charge in [-0.15, -0.1) is 0 Å². The molecular weight excluding hydrogens is 150 g/mol. The van der Waals surface area contributed by atoms with Crippen LogP contribution in [0.2, 0.25) is 24.7 Å². The topological polar surface area (TPSA) is 26.0 Å². The van der Waals surface area contributed by atoms with Gasteiger partial charge in [0.2, 0.25) is 0 Å². The molecule has 0 spiro atoms. The van der Waals surface area contributed by atoms with Gasteiger partial charge < -0.3 is 5.73 Å². The third-order valence-corrected chi connectivity index (χ3v) is 7.63. The van der Waals surface area contributed by atoms with Crippen molar-refractivity contribution in [2.45, 2.75) is 56.9 Å². The molecule has 66 valence electrons. The highest BCUT2D eigenvalue weighted by Crippen LogP contribution is 2.34. The summed E-state index contributed by atoms with van der Waals surface area (Å²) in [7, 11) is -0.729. The van der Waals surface area contributed by atoms with Gasteiger partial charge in [-0.1, -0.05) is 37.5 Å². The summed E-state index contributed by atoms with van der Waals surface area (Å²) in [6, 6.07) is 5.05. The van der Waals surface area contributed by atoms with Crippen molar-refractivity contribution in [1.82, 2.24) is 0 Å². The van der Waals surface area contributed by atoms with Crippen LogP contribution in [0.4, 0.5) is 0 Å². The Balaban J connectivity index is 2.23. The van der Waals surface area contributed by atoms with E-state index in [1.54, 1.807) is 12.1 Å². The highest BCUT2D eigenvalue weighted by atomic mass is 28.3. The van der Waals surface area contributed by atoms with E-state index in [2.05, 4.69) is 13.5 Å². The molecule has 0 saturated carbocycles. The number of nitrogens with two attached hydrogens (primary N) is 1. The Labute approximate surface area is 71.4 Å². The molecule has 1 heterocycles. The molecule has 1 rings (SSSR count). The average molecular weight is 171 g/mol. The van der Waals surface area contributed by atoms with Crippen LogP contribution in [-0.2, 0) is 0 Å². The zero-order chi connectivity index (χ0) is 8.32. The molecule has 0 aromatic heterocycles. The lowest BCUT2D eigenvalue weighted by atomic mass is 10.3. The molecule has 2 N–H and O–H groups in total. The molecule has 0 aromatic carbocycles. The first kappa shape index (κ1) is 9.27. The van der Waals surface area contributed by atoms with Crippen molar-refractivity contribution in [3.8, 4) is 0 Å². The summed E-state index contributed by atoms with van der Waals surface area (Å²) in [5.74, 6) is 0. The largest absolute Gasteiger partial charge is 0.328 e. The number of hydrogen-bond acceptors (Lipinski definition) is 1. The van der Waals surface area contributed by atoms with Gasteiger partial charge in [0.25, 0.3) is 0 Å². The maximum absolute atomic E-state index is 5.75. The van der Waals surface area contributed by atoms with Crippen LogP contribution in [0.3, 0.4) is 0 Å². The molecule has 11 heavy (non-hydrogen) atoms. The summed E-state index contributed by atoms with van der Waals surface area (Å²) in [5, 5.41) is 0. The van der Waals surface area contributed by atoms with E-state index < -0.39 is 8.07 Å². The van der Waals surface area contributed by atoms with Crippen LogP contribution in [0, 0.1) is 0 Å². The zero-order valence-corrected chi connectivity index (χ0v) is 8.90. The lowest BCUT2D eigenvalue weighted by molar-refractivity contribution is 0.705. The highest BCUT2D eigenvalue weighted by Gasteiger charge is 2.30. The van der Waals surface area contributed by atoms with Crippen molar-refractivity contribution in [3.63, 3.8) is 0 Å². The highest BCUT2D eigenvalue weighted by molar-refractivity contribution is 6.79. The Morgan fingerprint density at radius 3 is 2.36 bits per heavy atom. The minimum atomic E-state index is -0.729. The molecule has 0 aliphatic carbocycles. The molecule has 1 aliphatic heterocycles. The van der Waals surface area contributed by atoms with Crippen molar-refractivity contribution in [2.24, 2.45) is 5.73 Å². The van der Waals surface area contributed by atoms with Gasteiger partial charge in [-0.2, -0.15) is 0 Å². The van der Waals surface area contributed by atoms with Crippen LogP contribution in [0.5, 0.6) is 0 Å². The smallest absolute Gasteiger partial charge is 0.0505 e. The SMILES string of the molecule is CC(N)CC[Si]1(C)CCCC1. The second-order valence-electron chi connectivity index (χ2n) is 4.53. The molecule has 0 amide bonds. The molecule has 0 radical (unpaired) electrons. The second kappa shape index (κ2) is 3.72. The molecule has 2 heteroatoms. The van der Waals surface area contributed by atoms with Gasteiger partial charge in [-0.3, -0.25) is 0 Å². The van der Waals surface area contributed by atoms with Gasteiger partial charge in [-0.05, 0) is 13.3 Å². The van der Waals surface area contributed by atoms with Gasteiger partial charge in [0.15, 0.2) is 0 Å². The fourth-order valence-electron chi connectivity index (χ4n) is 2.05. The van der Waals surface area contributed by atoms with Crippen molar-refractivity contribution in [2.75, 3.05) is 0 Å². The van der Waals surface area contributed by atoms with Crippen molar-refractivity contribution in [3.05, 3.63) is 0 Å². The minimum Gasteiger partial charge on any atom is -0.328 e. The monoisotopic (exact) mass is 171 g/mol. The van der Waals surface area contributed by atoms with Crippen LogP contribution in [0.15, 0.2) is 0 Å². The lowest BCUT2D eigenvalue weighted by Crippen LogP contribution is -2.28. The molecule has 1 fully saturated rings. The Bertz CT molecular complexity index is 117. The fourth-order valence-corrected chi connectivity index (χ4v) is 6.16. The normalized spacial score (nSPS) is 25.4. The Kier molecular flexibility index (Phi) is 3.13. The van der Waals surface area contributed by atoms with E-state index in [1.807, 2.05) is 0 Å². The molecule has 1 aliphatic rings. The third kappa shape index (κ3) is 2.95. The Morgan fingerprint density at radius 2 is 1.91 bits per heavy atom. The molecular formula is C9H21NSi. The van der Waals surface area contributed by atoms with Gasteiger partial charge in [0, 0.05) is 6.04 Å². The van der Waals surface area contributed by atoms with E-state index >= 15 is 0 Å². The van der Waals surface area contributed by atoms with Crippen molar-refractivity contribution >= 4 is 8.07 Å². The molecule has 1 saturated heterocycles. The number of hydrogen-bond donors (Lipinski definition) is 1. The maximum Gasteiger partial charge on any atom is 0.0505 e. The first-order valence-electron chi connectivity index (χ1n) is 4.88. The van der Waals surface area contributed by atoms with Crippen LogP contribution < -0.4 is 5.73 Å². The van der Waals surface area contributed by atoms with Gasteiger partial charge in [0.1, 0.15) is 0 Å².